The Labute approximate surface area is 322 Å². The Bertz CT molecular complexity index is 2810. The molecule has 268 valence electrons. The van der Waals surface area contributed by atoms with Gasteiger partial charge in [0.25, 0.3) is 0 Å². The molecule has 0 amide bonds. The molecule has 0 spiro atoms. The average Bonchev–Trinajstić information content (AvgIpc) is 3.71. The predicted molar refractivity (Wildman–Crippen MR) is 228 cm³/mol. The standard InChI is InChI=1S/C48H42BN5O/c1-47(2,3)31-23-25-50-45(28-31)52-41-18-11-8-16-38(41)39-22-21-34(30-44(39)52)55-35-27-32(48(4,5)6)26-33(29-35)53-46-43(20-13-24-51-46)54-42-19-12-9-15-37(42)36-14-7-10-17-40(36)49(53)54/h7-30H,1-6H3. The molecule has 3 aromatic heterocycles. The van der Waals surface area contributed by atoms with Crippen molar-refractivity contribution in [1.29, 1.82) is 0 Å². The molecule has 7 heteroatoms. The second kappa shape index (κ2) is 12.1. The molecule has 2 aliphatic rings. The van der Waals surface area contributed by atoms with Gasteiger partial charge in [0, 0.05) is 52.2 Å². The first kappa shape index (κ1) is 33.2. The van der Waals surface area contributed by atoms with Gasteiger partial charge in [0.1, 0.15) is 23.1 Å². The fourth-order valence-electron chi connectivity index (χ4n) is 8.43. The Morgan fingerprint density at radius 1 is 0.527 bits per heavy atom. The van der Waals surface area contributed by atoms with Gasteiger partial charge in [-0.2, -0.15) is 0 Å². The fraction of sp³-hybridized carbons (Fsp3) is 0.167. The molecular weight excluding hydrogens is 673 g/mol. The Morgan fingerprint density at radius 3 is 2.09 bits per heavy atom. The summed E-state index contributed by atoms with van der Waals surface area (Å²) in [6.07, 6.45) is 3.82. The number of hydrogen-bond acceptors (Lipinski definition) is 5. The van der Waals surface area contributed by atoms with Crippen molar-refractivity contribution in [2.75, 3.05) is 9.62 Å². The summed E-state index contributed by atoms with van der Waals surface area (Å²) in [4.78, 5) is 14.8. The van der Waals surface area contributed by atoms with Crippen LogP contribution in [-0.4, -0.2) is 21.5 Å². The Hall–Kier alpha value is -6.34. The quantitative estimate of drug-likeness (QED) is 0.170. The average molecular weight is 716 g/mol. The van der Waals surface area contributed by atoms with Crippen molar-refractivity contribution in [3.63, 3.8) is 0 Å². The summed E-state index contributed by atoms with van der Waals surface area (Å²) in [6, 6.07) is 47.7. The maximum Gasteiger partial charge on any atom is 0.422 e. The second-order valence-corrected chi connectivity index (χ2v) is 16.8. The Kier molecular flexibility index (Phi) is 7.31. The van der Waals surface area contributed by atoms with Crippen LogP contribution in [0, 0.1) is 0 Å². The van der Waals surface area contributed by atoms with E-state index in [1.165, 1.54) is 38.8 Å². The van der Waals surface area contributed by atoms with Crippen molar-refractivity contribution in [3.05, 3.63) is 157 Å². The van der Waals surface area contributed by atoms with Crippen molar-refractivity contribution in [2.45, 2.75) is 52.4 Å². The summed E-state index contributed by atoms with van der Waals surface area (Å²) < 4.78 is 9.21. The molecule has 55 heavy (non-hydrogen) atoms. The highest BCUT2D eigenvalue weighted by molar-refractivity contribution is 6.86. The number of fused-ring (bicyclic) bond motifs is 11. The summed E-state index contributed by atoms with van der Waals surface area (Å²) >= 11 is 0. The molecule has 2 aliphatic heterocycles. The number of hydrogen-bond donors (Lipinski definition) is 0. The van der Waals surface area contributed by atoms with Crippen LogP contribution < -0.4 is 19.8 Å². The van der Waals surface area contributed by atoms with Crippen LogP contribution in [0.3, 0.4) is 0 Å². The third kappa shape index (κ3) is 5.32. The number of ether oxygens (including phenoxy) is 1. The minimum absolute atomic E-state index is 0.00794. The lowest BCUT2D eigenvalue weighted by molar-refractivity contribution is 0.479. The molecule has 0 unspecified atom stereocenters. The summed E-state index contributed by atoms with van der Waals surface area (Å²) in [5.74, 6) is 3.36. The first-order valence-corrected chi connectivity index (χ1v) is 19.1. The van der Waals surface area contributed by atoms with Crippen molar-refractivity contribution >= 4 is 57.1 Å². The van der Waals surface area contributed by atoms with Crippen LogP contribution in [0.4, 0.5) is 22.9 Å². The number of benzene rings is 5. The first-order valence-electron chi connectivity index (χ1n) is 19.1. The van der Waals surface area contributed by atoms with E-state index in [2.05, 4.69) is 183 Å². The number of rotatable bonds is 4. The van der Waals surface area contributed by atoms with Gasteiger partial charge in [0.15, 0.2) is 0 Å². The van der Waals surface area contributed by atoms with Gasteiger partial charge in [-0.1, -0.05) is 102 Å². The van der Waals surface area contributed by atoms with E-state index in [9.17, 15) is 0 Å². The van der Waals surface area contributed by atoms with Crippen LogP contribution in [0.2, 0.25) is 0 Å². The molecule has 0 bridgehead atoms. The van der Waals surface area contributed by atoms with Crippen LogP contribution in [0.5, 0.6) is 11.5 Å². The van der Waals surface area contributed by atoms with Crippen LogP contribution >= 0.6 is 0 Å². The highest BCUT2D eigenvalue weighted by Crippen LogP contribution is 2.51. The number of nitrogens with zero attached hydrogens (tertiary/aromatic N) is 5. The predicted octanol–water partition coefficient (Wildman–Crippen LogP) is 11.6. The SMILES string of the molecule is CC(C)(C)c1cc(Oc2ccc3c4ccccc4n(-c4cc(C(C)(C)C)ccn4)c3c2)cc(N2B3c4ccccc4-c4ccccc4N3c3cccnc32)c1. The highest BCUT2D eigenvalue weighted by atomic mass is 16.5. The molecule has 6 nitrogen and oxygen atoms in total. The minimum atomic E-state index is -0.141. The van der Waals surface area contributed by atoms with Gasteiger partial charge in [-0.3, -0.25) is 4.57 Å². The van der Waals surface area contributed by atoms with Gasteiger partial charge in [-0.05, 0) is 93.6 Å². The van der Waals surface area contributed by atoms with Crippen molar-refractivity contribution in [3.8, 4) is 28.4 Å². The molecule has 8 aromatic rings. The summed E-state index contributed by atoms with van der Waals surface area (Å²) in [6.45, 7) is 13.4. The van der Waals surface area contributed by atoms with E-state index in [1.54, 1.807) is 0 Å². The third-order valence-electron chi connectivity index (χ3n) is 11.2. The van der Waals surface area contributed by atoms with Crippen LogP contribution in [0.15, 0.2) is 146 Å². The second-order valence-electron chi connectivity index (χ2n) is 16.8. The van der Waals surface area contributed by atoms with E-state index >= 15 is 0 Å². The van der Waals surface area contributed by atoms with E-state index in [1.807, 2.05) is 18.5 Å². The van der Waals surface area contributed by atoms with Crippen molar-refractivity contribution in [1.82, 2.24) is 14.5 Å². The normalized spacial score (nSPS) is 13.5. The summed E-state index contributed by atoms with van der Waals surface area (Å²) in [5, 5.41) is 2.34. The molecule has 0 radical (unpaired) electrons. The molecule has 10 rings (SSSR count). The zero-order valence-corrected chi connectivity index (χ0v) is 32.1. The molecule has 0 atom stereocenters. The van der Waals surface area contributed by atoms with Gasteiger partial charge in [0.2, 0.25) is 0 Å². The fourth-order valence-corrected chi connectivity index (χ4v) is 8.43. The first-order chi connectivity index (χ1) is 26.5. The summed E-state index contributed by atoms with van der Waals surface area (Å²) in [5.41, 5.74) is 11.4. The lowest BCUT2D eigenvalue weighted by Gasteiger charge is -2.36. The molecule has 5 heterocycles. The Morgan fingerprint density at radius 2 is 1.25 bits per heavy atom. The maximum atomic E-state index is 6.94. The summed E-state index contributed by atoms with van der Waals surface area (Å²) in [7, 11) is 0. The van der Waals surface area contributed by atoms with Gasteiger partial charge < -0.3 is 14.4 Å². The number of aromatic nitrogens is 3. The van der Waals surface area contributed by atoms with Crippen LogP contribution in [0.1, 0.15) is 52.7 Å². The van der Waals surface area contributed by atoms with E-state index in [0.29, 0.717) is 0 Å². The minimum Gasteiger partial charge on any atom is -0.457 e. The lowest BCUT2D eigenvalue weighted by atomic mass is 9.59. The molecule has 0 saturated heterocycles. The number of para-hydroxylation sites is 2. The zero-order valence-electron chi connectivity index (χ0n) is 32.1. The Balaban J connectivity index is 1.13. The van der Waals surface area contributed by atoms with Gasteiger partial charge >= 0.3 is 6.98 Å². The van der Waals surface area contributed by atoms with Crippen LogP contribution in [-0.2, 0) is 10.8 Å². The van der Waals surface area contributed by atoms with Crippen molar-refractivity contribution in [2.24, 2.45) is 0 Å². The number of anilines is 4. The molecule has 0 N–H and O–H groups in total. The topological polar surface area (TPSA) is 46.4 Å². The van der Waals surface area contributed by atoms with Gasteiger partial charge in [0.05, 0.1) is 16.7 Å². The van der Waals surface area contributed by atoms with E-state index in [0.717, 1.165) is 50.9 Å². The van der Waals surface area contributed by atoms with Crippen LogP contribution in [0.25, 0.3) is 38.8 Å². The molecule has 0 saturated carbocycles. The molecule has 0 aliphatic carbocycles. The van der Waals surface area contributed by atoms with E-state index in [-0.39, 0.29) is 17.8 Å². The lowest BCUT2D eigenvalue weighted by Crippen LogP contribution is -2.55. The molecule has 5 aromatic carbocycles. The highest BCUT2D eigenvalue weighted by Gasteiger charge is 2.48. The maximum absolute atomic E-state index is 6.94. The molecule has 0 fully saturated rings. The van der Waals surface area contributed by atoms with Gasteiger partial charge in [-0.15, -0.1) is 0 Å². The van der Waals surface area contributed by atoms with E-state index < -0.39 is 0 Å². The van der Waals surface area contributed by atoms with Gasteiger partial charge in [-0.25, -0.2) is 9.97 Å². The molecular formula is C48H42BN5O. The smallest absolute Gasteiger partial charge is 0.422 e. The van der Waals surface area contributed by atoms with Crippen molar-refractivity contribution < 1.29 is 4.74 Å². The number of pyridine rings is 2. The third-order valence-corrected chi connectivity index (χ3v) is 11.2. The van der Waals surface area contributed by atoms with E-state index in [4.69, 9.17) is 14.7 Å². The zero-order chi connectivity index (χ0) is 37.6. The largest absolute Gasteiger partial charge is 0.457 e. The monoisotopic (exact) mass is 715 g/mol.